The second kappa shape index (κ2) is 5.26. The average Bonchev–Trinajstić information content (AvgIpc) is 2.78. The Labute approximate surface area is 101 Å². The topological polar surface area (TPSA) is 12.9 Å². The number of aryl methyl sites for hydroxylation is 2. The highest BCUT2D eigenvalue weighted by Crippen LogP contribution is 2.24. The van der Waals surface area contributed by atoms with Gasteiger partial charge in [0.1, 0.15) is 5.01 Å². The average molecular weight is 231 g/mol. The molecule has 0 radical (unpaired) electrons. The van der Waals surface area contributed by atoms with Gasteiger partial charge < -0.3 is 0 Å². The lowest BCUT2D eigenvalue weighted by Gasteiger charge is -1.98. The Kier molecular flexibility index (Phi) is 3.73. The summed E-state index contributed by atoms with van der Waals surface area (Å²) in [5.74, 6) is 0. The molecule has 2 heteroatoms. The number of nitrogens with zero attached hydrogens (tertiary/aromatic N) is 1. The Bertz CT molecular complexity index is 442. The van der Waals surface area contributed by atoms with Crippen molar-refractivity contribution >= 4 is 11.3 Å². The maximum atomic E-state index is 4.64. The van der Waals surface area contributed by atoms with Gasteiger partial charge in [0.05, 0.1) is 5.69 Å². The van der Waals surface area contributed by atoms with Crippen LogP contribution in [0.1, 0.15) is 31.5 Å². The van der Waals surface area contributed by atoms with E-state index in [2.05, 4.69) is 48.5 Å². The van der Waals surface area contributed by atoms with E-state index in [1.165, 1.54) is 16.8 Å². The van der Waals surface area contributed by atoms with Gasteiger partial charge in [0.2, 0.25) is 0 Å². The second-order valence-electron chi connectivity index (χ2n) is 3.94. The molecular formula is C14H17NS. The molecule has 1 nitrogen and oxygen atoms in total. The molecule has 0 N–H and O–H groups in total. The molecule has 0 atom stereocenters. The Morgan fingerprint density at radius 3 is 2.50 bits per heavy atom. The molecule has 2 rings (SSSR count). The van der Waals surface area contributed by atoms with Gasteiger partial charge in [-0.05, 0) is 18.4 Å². The molecule has 2 aromatic rings. The first-order valence-corrected chi connectivity index (χ1v) is 6.75. The molecule has 16 heavy (non-hydrogen) atoms. The molecule has 0 saturated carbocycles. The van der Waals surface area contributed by atoms with E-state index in [0.29, 0.717) is 0 Å². The highest BCUT2D eigenvalue weighted by molar-refractivity contribution is 7.13. The van der Waals surface area contributed by atoms with Crippen molar-refractivity contribution in [2.24, 2.45) is 0 Å². The van der Waals surface area contributed by atoms with Crippen LogP contribution in [0.25, 0.3) is 10.6 Å². The van der Waals surface area contributed by atoms with E-state index >= 15 is 0 Å². The van der Waals surface area contributed by atoms with Crippen LogP contribution in [0.4, 0.5) is 0 Å². The summed E-state index contributed by atoms with van der Waals surface area (Å²) in [4.78, 5) is 4.64. The fraction of sp³-hybridized carbons (Fsp3) is 0.357. The molecule has 0 bridgehead atoms. The van der Waals surface area contributed by atoms with Gasteiger partial charge >= 0.3 is 0 Å². The Morgan fingerprint density at radius 2 is 1.88 bits per heavy atom. The molecule has 0 unspecified atom stereocenters. The lowest BCUT2D eigenvalue weighted by atomic mass is 10.1. The van der Waals surface area contributed by atoms with Crippen LogP contribution >= 0.6 is 11.3 Å². The summed E-state index contributed by atoms with van der Waals surface area (Å²) in [6, 6.07) is 8.73. The minimum absolute atomic E-state index is 1.09. The van der Waals surface area contributed by atoms with Crippen molar-refractivity contribution in [1.29, 1.82) is 0 Å². The summed E-state index contributed by atoms with van der Waals surface area (Å²) in [7, 11) is 0. The molecule has 1 aromatic heterocycles. The molecule has 0 aliphatic rings. The van der Waals surface area contributed by atoms with Crippen molar-refractivity contribution in [3.8, 4) is 10.6 Å². The summed E-state index contributed by atoms with van der Waals surface area (Å²) in [5.41, 5.74) is 3.85. The Morgan fingerprint density at radius 1 is 1.12 bits per heavy atom. The molecule has 1 heterocycles. The molecule has 0 amide bonds. The Hall–Kier alpha value is -1.15. The third-order valence-corrected chi connectivity index (χ3v) is 3.61. The summed E-state index contributed by atoms with van der Waals surface area (Å²) in [6.07, 6.45) is 3.35. The van der Waals surface area contributed by atoms with E-state index in [0.717, 1.165) is 24.3 Å². The Balaban J connectivity index is 2.21. The van der Waals surface area contributed by atoms with Crippen LogP contribution in [0.3, 0.4) is 0 Å². The fourth-order valence-electron chi connectivity index (χ4n) is 1.69. The normalized spacial score (nSPS) is 10.6. The van der Waals surface area contributed by atoms with Gasteiger partial charge in [-0.3, -0.25) is 0 Å². The van der Waals surface area contributed by atoms with Crippen molar-refractivity contribution in [1.82, 2.24) is 4.98 Å². The molecule has 0 saturated heterocycles. The lowest BCUT2D eigenvalue weighted by molar-refractivity contribution is 0.893. The van der Waals surface area contributed by atoms with Crippen LogP contribution in [-0.4, -0.2) is 4.98 Å². The first kappa shape index (κ1) is 11.3. The summed E-state index contributed by atoms with van der Waals surface area (Å²) >= 11 is 1.74. The molecule has 0 spiro atoms. The predicted molar refractivity (Wildman–Crippen MR) is 70.9 cm³/mol. The van der Waals surface area contributed by atoms with Gasteiger partial charge in [0, 0.05) is 10.9 Å². The fourth-order valence-corrected chi connectivity index (χ4v) is 2.55. The van der Waals surface area contributed by atoms with Crippen LogP contribution in [0.2, 0.25) is 0 Å². The monoisotopic (exact) mass is 231 g/mol. The first-order chi connectivity index (χ1) is 7.83. The van der Waals surface area contributed by atoms with Gasteiger partial charge in [-0.2, -0.15) is 0 Å². The third kappa shape index (κ3) is 2.50. The zero-order valence-corrected chi connectivity index (χ0v) is 10.7. The van der Waals surface area contributed by atoms with E-state index in [9.17, 15) is 0 Å². The van der Waals surface area contributed by atoms with E-state index in [1.54, 1.807) is 11.3 Å². The predicted octanol–water partition coefficient (Wildman–Crippen LogP) is 4.33. The van der Waals surface area contributed by atoms with Crippen molar-refractivity contribution < 1.29 is 0 Å². The quantitative estimate of drug-likeness (QED) is 0.763. The molecule has 0 fully saturated rings. The van der Waals surface area contributed by atoms with Crippen LogP contribution in [0.5, 0.6) is 0 Å². The van der Waals surface area contributed by atoms with E-state index in [4.69, 9.17) is 0 Å². The number of thiazole rings is 1. The van der Waals surface area contributed by atoms with Crippen molar-refractivity contribution in [2.45, 2.75) is 33.1 Å². The molecule has 0 aliphatic heterocycles. The number of rotatable bonds is 4. The zero-order chi connectivity index (χ0) is 11.4. The van der Waals surface area contributed by atoms with Crippen LogP contribution in [0, 0.1) is 0 Å². The van der Waals surface area contributed by atoms with Crippen molar-refractivity contribution in [3.05, 3.63) is 40.9 Å². The summed E-state index contributed by atoms with van der Waals surface area (Å²) in [5, 5.41) is 3.32. The van der Waals surface area contributed by atoms with Crippen LogP contribution in [-0.2, 0) is 12.8 Å². The third-order valence-electron chi connectivity index (χ3n) is 2.67. The number of hydrogen-bond donors (Lipinski definition) is 0. The van der Waals surface area contributed by atoms with E-state index in [1.807, 2.05) is 0 Å². The van der Waals surface area contributed by atoms with Crippen molar-refractivity contribution in [2.75, 3.05) is 0 Å². The highest BCUT2D eigenvalue weighted by atomic mass is 32.1. The molecule has 1 aromatic carbocycles. The first-order valence-electron chi connectivity index (χ1n) is 5.87. The van der Waals surface area contributed by atoms with Crippen LogP contribution in [0.15, 0.2) is 29.6 Å². The van der Waals surface area contributed by atoms with Gasteiger partial charge in [0.25, 0.3) is 0 Å². The maximum Gasteiger partial charge on any atom is 0.123 e. The zero-order valence-electron chi connectivity index (χ0n) is 9.86. The van der Waals surface area contributed by atoms with E-state index in [-0.39, 0.29) is 0 Å². The highest BCUT2D eigenvalue weighted by Gasteiger charge is 2.03. The van der Waals surface area contributed by atoms with Crippen LogP contribution < -0.4 is 0 Å². The number of hydrogen-bond acceptors (Lipinski definition) is 2. The molecule has 84 valence electrons. The van der Waals surface area contributed by atoms with Gasteiger partial charge in [0.15, 0.2) is 0 Å². The largest absolute Gasteiger partial charge is 0.241 e. The standard InChI is InChI=1S/C14H17NS/c1-3-5-13-10-16-14(15-13)12-8-6-11(4-2)7-9-12/h6-10H,3-5H2,1-2H3. The summed E-state index contributed by atoms with van der Waals surface area (Å²) in [6.45, 7) is 4.37. The summed E-state index contributed by atoms with van der Waals surface area (Å²) < 4.78 is 0. The lowest BCUT2D eigenvalue weighted by Crippen LogP contribution is -1.84. The van der Waals surface area contributed by atoms with E-state index < -0.39 is 0 Å². The minimum atomic E-state index is 1.09. The van der Waals surface area contributed by atoms with Gasteiger partial charge in [-0.25, -0.2) is 4.98 Å². The SMILES string of the molecule is CCCc1csc(-c2ccc(CC)cc2)n1. The van der Waals surface area contributed by atoms with Gasteiger partial charge in [-0.1, -0.05) is 44.5 Å². The molecular weight excluding hydrogens is 214 g/mol. The maximum absolute atomic E-state index is 4.64. The minimum Gasteiger partial charge on any atom is -0.241 e. The smallest absolute Gasteiger partial charge is 0.123 e. The number of benzene rings is 1. The number of aromatic nitrogens is 1. The second-order valence-corrected chi connectivity index (χ2v) is 4.80. The molecule has 0 aliphatic carbocycles. The van der Waals surface area contributed by atoms with Crippen molar-refractivity contribution in [3.63, 3.8) is 0 Å². The van der Waals surface area contributed by atoms with Gasteiger partial charge in [-0.15, -0.1) is 11.3 Å².